The van der Waals surface area contributed by atoms with Gasteiger partial charge in [-0.25, -0.2) is 0 Å². The molecule has 2 nitrogen and oxygen atoms in total. The number of benzene rings is 2. The van der Waals surface area contributed by atoms with E-state index in [-0.39, 0.29) is 0 Å². The van der Waals surface area contributed by atoms with Crippen LogP contribution in [0.1, 0.15) is 16.7 Å². The van der Waals surface area contributed by atoms with Crippen LogP contribution in [-0.4, -0.2) is 0 Å². The molecule has 0 saturated heterocycles. The first-order valence-electron chi connectivity index (χ1n) is 6.12. The van der Waals surface area contributed by atoms with Gasteiger partial charge >= 0.3 is 0 Å². The Morgan fingerprint density at radius 1 is 1.00 bits per heavy atom. The van der Waals surface area contributed by atoms with Gasteiger partial charge in [-0.3, -0.25) is 0 Å². The molecule has 19 heavy (non-hydrogen) atoms. The van der Waals surface area contributed by atoms with Crippen molar-refractivity contribution in [2.24, 2.45) is 0 Å². The summed E-state index contributed by atoms with van der Waals surface area (Å²) < 4.78 is 0. The minimum Gasteiger partial charge on any atom is -0.399 e. The Kier molecular flexibility index (Phi) is 3.08. The van der Waals surface area contributed by atoms with Crippen LogP contribution < -0.4 is 10.6 Å². The predicted molar refractivity (Wildman–Crippen MR) is 81.9 cm³/mol. The maximum Gasteiger partial charge on any atom is 0.0643 e. The molecule has 1 aliphatic heterocycles. The summed E-state index contributed by atoms with van der Waals surface area (Å²) in [4.78, 5) is 2.22. The lowest BCUT2D eigenvalue weighted by molar-refractivity contribution is 0.880. The molecule has 2 N–H and O–H groups in total. The lowest BCUT2D eigenvalue weighted by Gasteiger charge is -2.20. The van der Waals surface area contributed by atoms with E-state index in [4.69, 9.17) is 28.9 Å². The smallest absolute Gasteiger partial charge is 0.0643 e. The van der Waals surface area contributed by atoms with Crippen LogP contribution in [0.4, 0.5) is 11.4 Å². The van der Waals surface area contributed by atoms with Crippen LogP contribution in [0, 0.1) is 6.92 Å². The Bertz CT molecular complexity index is 653. The number of hydrogen-bond donors (Lipinski definition) is 1. The van der Waals surface area contributed by atoms with E-state index >= 15 is 0 Å². The molecule has 0 aromatic heterocycles. The summed E-state index contributed by atoms with van der Waals surface area (Å²) in [6.45, 7) is 3.62. The summed E-state index contributed by atoms with van der Waals surface area (Å²) >= 11 is 12.5. The van der Waals surface area contributed by atoms with Crippen LogP contribution in [0.3, 0.4) is 0 Å². The Balaban J connectivity index is 1.97. The fourth-order valence-corrected chi connectivity index (χ4v) is 2.96. The van der Waals surface area contributed by atoms with E-state index in [1.165, 1.54) is 11.1 Å². The van der Waals surface area contributed by atoms with Gasteiger partial charge in [0.25, 0.3) is 0 Å². The Labute approximate surface area is 122 Å². The second kappa shape index (κ2) is 4.62. The van der Waals surface area contributed by atoms with Gasteiger partial charge in [0.15, 0.2) is 0 Å². The summed E-state index contributed by atoms with van der Waals surface area (Å²) in [5, 5.41) is 1.48. The van der Waals surface area contributed by atoms with E-state index in [2.05, 4.69) is 11.0 Å². The zero-order chi connectivity index (χ0) is 13.6. The Morgan fingerprint density at radius 2 is 1.74 bits per heavy atom. The number of nitrogens with zero attached hydrogens (tertiary/aromatic N) is 1. The zero-order valence-corrected chi connectivity index (χ0v) is 12.1. The third-order valence-corrected chi connectivity index (χ3v) is 4.23. The quantitative estimate of drug-likeness (QED) is 0.789. The highest BCUT2D eigenvalue weighted by Gasteiger charge is 2.21. The molecule has 4 heteroatoms. The van der Waals surface area contributed by atoms with Crippen molar-refractivity contribution in [3.05, 3.63) is 57.1 Å². The first-order chi connectivity index (χ1) is 9.04. The summed E-state index contributed by atoms with van der Waals surface area (Å²) in [6, 6.07) is 9.89. The van der Waals surface area contributed by atoms with Crippen molar-refractivity contribution >= 4 is 34.6 Å². The third-order valence-electron chi connectivity index (χ3n) is 3.52. The number of hydrogen-bond acceptors (Lipinski definition) is 2. The standard InChI is InChI=1S/C15H14Cl2N2/c1-9-4-14(17)15(6-13(9)16)19-7-10-2-3-12(18)5-11(10)8-19/h2-6H,7-8,18H2,1H3. The molecule has 0 fully saturated rings. The fourth-order valence-electron chi connectivity index (χ4n) is 2.46. The predicted octanol–water partition coefficient (Wildman–Crippen LogP) is 4.40. The lowest BCUT2D eigenvalue weighted by atomic mass is 10.1. The van der Waals surface area contributed by atoms with Gasteiger partial charge in [-0.05, 0) is 47.9 Å². The van der Waals surface area contributed by atoms with Gasteiger partial charge < -0.3 is 10.6 Å². The third kappa shape index (κ3) is 2.26. The van der Waals surface area contributed by atoms with Crippen LogP contribution in [0.5, 0.6) is 0 Å². The number of rotatable bonds is 1. The van der Waals surface area contributed by atoms with E-state index < -0.39 is 0 Å². The second-order valence-electron chi connectivity index (χ2n) is 4.94. The first-order valence-corrected chi connectivity index (χ1v) is 6.88. The second-order valence-corrected chi connectivity index (χ2v) is 5.75. The van der Waals surface area contributed by atoms with Crippen molar-refractivity contribution in [3.8, 4) is 0 Å². The van der Waals surface area contributed by atoms with Gasteiger partial charge in [0, 0.05) is 23.8 Å². The van der Waals surface area contributed by atoms with Crippen LogP contribution in [-0.2, 0) is 13.1 Å². The monoisotopic (exact) mass is 292 g/mol. The van der Waals surface area contributed by atoms with Gasteiger partial charge in [-0.2, -0.15) is 0 Å². The van der Waals surface area contributed by atoms with Gasteiger partial charge in [-0.15, -0.1) is 0 Å². The van der Waals surface area contributed by atoms with E-state index in [9.17, 15) is 0 Å². The van der Waals surface area contributed by atoms with Crippen molar-refractivity contribution in [1.29, 1.82) is 0 Å². The van der Waals surface area contributed by atoms with Crippen LogP contribution in [0.2, 0.25) is 10.0 Å². The Hall–Kier alpha value is -1.38. The molecule has 0 unspecified atom stereocenters. The molecule has 2 aromatic carbocycles. The molecule has 0 spiro atoms. The number of nitrogen functional groups attached to an aromatic ring is 1. The van der Waals surface area contributed by atoms with Crippen LogP contribution in [0.25, 0.3) is 0 Å². The number of aryl methyl sites for hydroxylation is 1. The molecule has 0 aliphatic carbocycles. The Morgan fingerprint density at radius 3 is 2.53 bits per heavy atom. The van der Waals surface area contributed by atoms with Crippen molar-refractivity contribution in [2.75, 3.05) is 10.6 Å². The average Bonchev–Trinajstić information content (AvgIpc) is 2.76. The molecular formula is C15H14Cl2N2. The number of halogens is 2. The fraction of sp³-hybridized carbons (Fsp3) is 0.200. The highest BCUT2D eigenvalue weighted by molar-refractivity contribution is 6.35. The lowest BCUT2D eigenvalue weighted by Crippen LogP contribution is -2.15. The van der Waals surface area contributed by atoms with Gasteiger partial charge in [0.2, 0.25) is 0 Å². The maximum atomic E-state index is 6.33. The van der Waals surface area contributed by atoms with E-state index in [0.717, 1.165) is 40.1 Å². The molecule has 0 atom stereocenters. The van der Waals surface area contributed by atoms with E-state index in [1.54, 1.807) is 0 Å². The number of nitrogens with two attached hydrogens (primary N) is 1. The molecule has 1 aliphatic rings. The van der Waals surface area contributed by atoms with Crippen molar-refractivity contribution < 1.29 is 0 Å². The molecule has 3 rings (SSSR count). The number of fused-ring (bicyclic) bond motifs is 1. The zero-order valence-electron chi connectivity index (χ0n) is 10.6. The topological polar surface area (TPSA) is 29.3 Å². The van der Waals surface area contributed by atoms with Crippen molar-refractivity contribution in [1.82, 2.24) is 0 Å². The molecule has 0 radical (unpaired) electrons. The largest absolute Gasteiger partial charge is 0.399 e. The van der Waals surface area contributed by atoms with E-state index in [0.29, 0.717) is 0 Å². The normalized spacial score (nSPS) is 13.7. The first kappa shape index (κ1) is 12.6. The molecule has 0 bridgehead atoms. The molecule has 2 aromatic rings. The summed E-state index contributed by atoms with van der Waals surface area (Å²) in [5.74, 6) is 0. The van der Waals surface area contributed by atoms with Crippen molar-refractivity contribution in [2.45, 2.75) is 20.0 Å². The summed E-state index contributed by atoms with van der Waals surface area (Å²) in [7, 11) is 0. The minimum atomic E-state index is 0.739. The SMILES string of the molecule is Cc1cc(Cl)c(N2Cc3ccc(N)cc3C2)cc1Cl. The summed E-state index contributed by atoms with van der Waals surface area (Å²) in [6.07, 6.45) is 0. The highest BCUT2D eigenvalue weighted by atomic mass is 35.5. The molecule has 0 amide bonds. The summed E-state index contributed by atoms with van der Waals surface area (Å²) in [5.41, 5.74) is 11.1. The van der Waals surface area contributed by atoms with Crippen LogP contribution >= 0.6 is 23.2 Å². The molecule has 98 valence electrons. The van der Waals surface area contributed by atoms with Crippen LogP contribution in [0.15, 0.2) is 30.3 Å². The number of anilines is 2. The minimum absolute atomic E-state index is 0.739. The van der Waals surface area contributed by atoms with Gasteiger partial charge in [0.05, 0.1) is 10.7 Å². The van der Waals surface area contributed by atoms with Gasteiger partial charge in [0.1, 0.15) is 0 Å². The van der Waals surface area contributed by atoms with Crippen molar-refractivity contribution in [3.63, 3.8) is 0 Å². The van der Waals surface area contributed by atoms with E-state index in [1.807, 2.05) is 31.2 Å². The maximum absolute atomic E-state index is 6.33. The molecule has 0 saturated carbocycles. The van der Waals surface area contributed by atoms with Gasteiger partial charge in [-0.1, -0.05) is 29.3 Å². The highest BCUT2D eigenvalue weighted by Crippen LogP contribution is 2.36. The molecule has 1 heterocycles. The average molecular weight is 293 g/mol. The molecular weight excluding hydrogens is 279 g/mol.